The summed E-state index contributed by atoms with van der Waals surface area (Å²) in [5.74, 6) is 0.775. The first-order valence-electron chi connectivity index (χ1n) is 7.64. The van der Waals surface area contributed by atoms with Gasteiger partial charge in [-0.3, -0.25) is 4.79 Å². The van der Waals surface area contributed by atoms with Crippen LogP contribution in [0.4, 0.5) is 0 Å². The molecule has 118 valence electrons. The number of carbonyl (C=O) groups excluding carboxylic acids is 1. The molecular weight excluding hydrogens is 306 g/mol. The molecule has 0 unspecified atom stereocenters. The summed E-state index contributed by atoms with van der Waals surface area (Å²) in [5, 5.41) is 8.50. The highest BCUT2D eigenvalue weighted by molar-refractivity contribution is 7.14. The van der Waals surface area contributed by atoms with Crippen molar-refractivity contribution in [2.75, 3.05) is 6.61 Å². The van der Waals surface area contributed by atoms with Gasteiger partial charge in [0.15, 0.2) is 5.78 Å². The van der Waals surface area contributed by atoms with Crippen molar-refractivity contribution in [1.82, 2.24) is 0 Å². The summed E-state index contributed by atoms with van der Waals surface area (Å²) < 4.78 is 5.59. The number of ether oxygens (including phenoxy) is 1. The molecule has 0 amide bonds. The molecule has 0 bridgehead atoms. The van der Waals surface area contributed by atoms with Gasteiger partial charge in [0.25, 0.3) is 0 Å². The lowest BCUT2D eigenvalue weighted by atomic mass is 10.1. The highest BCUT2D eigenvalue weighted by atomic mass is 32.1. The van der Waals surface area contributed by atoms with Crippen LogP contribution in [0.5, 0.6) is 5.75 Å². The number of thiophene rings is 1. The molecule has 0 saturated heterocycles. The summed E-state index contributed by atoms with van der Waals surface area (Å²) in [6.07, 6.45) is 5.56. The van der Waals surface area contributed by atoms with Gasteiger partial charge >= 0.3 is 0 Å². The molecule has 0 aliphatic heterocycles. The second-order valence-corrected chi connectivity index (χ2v) is 6.17. The van der Waals surface area contributed by atoms with Gasteiger partial charge in [0.1, 0.15) is 5.75 Å². The summed E-state index contributed by atoms with van der Waals surface area (Å²) >= 11 is 1.54. The lowest BCUT2D eigenvalue weighted by molar-refractivity contribution is 0.105. The highest BCUT2D eigenvalue weighted by Gasteiger charge is 2.05. The number of benzene rings is 1. The Morgan fingerprint density at radius 3 is 2.96 bits per heavy atom. The van der Waals surface area contributed by atoms with Gasteiger partial charge in [-0.25, -0.2) is 0 Å². The third kappa shape index (κ3) is 5.39. The maximum atomic E-state index is 12.1. The molecule has 2 rings (SSSR count). The van der Waals surface area contributed by atoms with E-state index >= 15 is 0 Å². The van der Waals surface area contributed by atoms with Crippen molar-refractivity contribution in [3.8, 4) is 11.8 Å². The van der Waals surface area contributed by atoms with E-state index in [1.807, 2.05) is 36.4 Å². The van der Waals surface area contributed by atoms with Crippen LogP contribution in [-0.4, -0.2) is 12.4 Å². The van der Waals surface area contributed by atoms with Gasteiger partial charge in [-0.2, -0.15) is 5.26 Å². The van der Waals surface area contributed by atoms with Crippen molar-refractivity contribution in [2.45, 2.75) is 26.2 Å². The fourth-order valence-corrected chi connectivity index (χ4v) is 2.87. The lowest BCUT2D eigenvalue weighted by Gasteiger charge is -2.05. The van der Waals surface area contributed by atoms with E-state index in [0.717, 1.165) is 22.6 Å². The minimum absolute atomic E-state index is 0.0232. The van der Waals surface area contributed by atoms with Gasteiger partial charge < -0.3 is 4.74 Å². The first-order chi connectivity index (χ1) is 11.2. The van der Waals surface area contributed by atoms with E-state index in [1.54, 1.807) is 23.5 Å². The second-order valence-electron chi connectivity index (χ2n) is 5.00. The minimum atomic E-state index is 0.0232. The van der Waals surface area contributed by atoms with E-state index in [-0.39, 0.29) is 5.78 Å². The molecule has 0 atom stereocenters. The number of ketones is 1. The van der Waals surface area contributed by atoms with Crippen molar-refractivity contribution < 1.29 is 9.53 Å². The number of rotatable bonds is 8. The summed E-state index contributed by atoms with van der Waals surface area (Å²) in [5.41, 5.74) is 0.920. The Kier molecular flexibility index (Phi) is 6.58. The van der Waals surface area contributed by atoms with Crippen LogP contribution >= 0.6 is 11.3 Å². The zero-order valence-electron chi connectivity index (χ0n) is 13.1. The van der Waals surface area contributed by atoms with E-state index in [9.17, 15) is 4.79 Å². The Bertz CT molecular complexity index is 725. The SMILES string of the molecule is CCc1ccc(C(=O)/C=C/c2cccc(OCCCC#N)c2)s1. The maximum Gasteiger partial charge on any atom is 0.195 e. The average molecular weight is 325 g/mol. The topological polar surface area (TPSA) is 50.1 Å². The molecule has 4 heteroatoms. The van der Waals surface area contributed by atoms with Gasteiger partial charge in [-0.1, -0.05) is 25.1 Å². The molecule has 1 aromatic heterocycles. The first kappa shape index (κ1) is 17.0. The molecule has 1 heterocycles. The number of nitriles is 1. The third-order valence-corrected chi connectivity index (χ3v) is 4.48. The molecule has 23 heavy (non-hydrogen) atoms. The standard InChI is InChI=1S/C19H19NO2S/c1-2-17-9-11-19(23-17)18(21)10-8-15-6-5-7-16(14-15)22-13-4-3-12-20/h5-11,14H,2-4,13H2,1H3/b10-8+. The van der Waals surface area contributed by atoms with Crippen LogP contribution in [0.3, 0.4) is 0 Å². The van der Waals surface area contributed by atoms with E-state index in [0.29, 0.717) is 19.4 Å². The van der Waals surface area contributed by atoms with Crippen LogP contribution in [0.15, 0.2) is 42.5 Å². The molecule has 0 aliphatic rings. The molecule has 0 spiro atoms. The molecule has 3 nitrogen and oxygen atoms in total. The van der Waals surface area contributed by atoms with Gasteiger partial charge in [0, 0.05) is 11.3 Å². The van der Waals surface area contributed by atoms with E-state index in [2.05, 4.69) is 13.0 Å². The van der Waals surface area contributed by atoms with Gasteiger partial charge in [0.05, 0.1) is 17.6 Å². The molecule has 1 aromatic carbocycles. The zero-order chi connectivity index (χ0) is 16.5. The Balaban J connectivity index is 1.96. The van der Waals surface area contributed by atoms with Crippen LogP contribution in [0.1, 0.15) is 39.9 Å². The predicted octanol–water partition coefficient (Wildman–Crippen LogP) is 4.89. The molecule has 0 aliphatic carbocycles. The smallest absolute Gasteiger partial charge is 0.195 e. The van der Waals surface area contributed by atoms with Crippen molar-refractivity contribution in [3.05, 3.63) is 57.8 Å². The molecule has 0 N–H and O–H groups in total. The van der Waals surface area contributed by atoms with Crippen LogP contribution in [0.2, 0.25) is 0 Å². The third-order valence-electron chi connectivity index (χ3n) is 3.24. The molecule has 0 saturated carbocycles. The Hall–Kier alpha value is -2.38. The van der Waals surface area contributed by atoms with Gasteiger partial charge in [-0.05, 0) is 48.7 Å². The monoisotopic (exact) mass is 325 g/mol. The Morgan fingerprint density at radius 1 is 1.35 bits per heavy atom. The van der Waals surface area contributed by atoms with Crippen molar-refractivity contribution >= 4 is 23.2 Å². The largest absolute Gasteiger partial charge is 0.494 e. The predicted molar refractivity (Wildman–Crippen MR) is 93.8 cm³/mol. The number of allylic oxidation sites excluding steroid dienone is 1. The summed E-state index contributed by atoms with van der Waals surface area (Å²) in [4.78, 5) is 14.1. The van der Waals surface area contributed by atoms with Crippen LogP contribution in [0.25, 0.3) is 6.08 Å². The lowest BCUT2D eigenvalue weighted by Crippen LogP contribution is -1.96. The Labute approximate surface area is 140 Å². The molecule has 0 radical (unpaired) electrons. The average Bonchev–Trinajstić information content (AvgIpc) is 3.06. The minimum Gasteiger partial charge on any atom is -0.494 e. The number of nitrogens with zero attached hydrogens (tertiary/aromatic N) is 1. The van der Waals surface area contributed by atoms with Crippen molar-refractivity contribution in [2.24, 2.45) is 0 Å². The second kappa shape index (κ2) is 8.92. The van der Waals surface area contributed by atoms with E-state index < -0.39 is 0 Å². The summed E-state index contributed by atoms with van der Waals surface area (Å²) in [6, 6.07) is 13.6. The van der Waals surface area contributed by atoms with Gasteiger partial charge in [0.2, 0.25) is 0 Å². The fraction of sp³-hybridized carbons (Fsp3) is 0.263. The van der Waals surface area contributed by atoms with E-state index in [1.165, 1.54) is 4.88 Å². The number of hydrogen-bond acceptors (Lipinski definition) is 4. The number of aryl methyl sites for hydroxylation is 1. The van der Waals surface area contributed by atoms with Crippen LogP contribution < -0.4 is 4.74 Å². The zero-order valence-corrected chi connectivity index (χ0v) is 13.9. The summed E-state index contributed by atoms with van der Waals surface area (Å²) in [6.45, 7) is 2.60. The first-order valence-corrected chi connectivity index (χ1v) is 8.45. The van der Waals surface area contributed by atoms with Gasteiger partial charge in [-0.15, -0.1) is 11.3 Å². The fourth-order valence-electron chi connectivity index (χ4n) is 2.00. The quantitative estimate of drug-likeness (QED) is 0.394. The molecule has 0 fully saturated rings. The highest BCUT2D eigenvalue weighted by Crippen LogP contribution is 2.19. The maximum absolute atomic E-state index is 12.1. The van der Waals surface area contributed by atoms with Crippen molar-refractivity contribution in [1.29, 1.82) is 5.26 Å². The number of unbranched alkanes of at least 4 members (excludes halogenated alkanes) is 1. The molecule has 2 aromatic rings. The number of carbonyl (C=O) groups is 1. The normalized spacial score (nSPS) is 10.6. The van der Waals surface area contributed by atoms with E-state index in [4.69, 9.17) is 10.00 Å². The summed E-state index contributed by atoms with van der Waals surface area (Å²) in [7, 11) is 0. The van der Waals surface area contributed by atoms with Crippen LogP contribution in [-0.2, 0) is 6.42 Å². The van der Waals surface area contributed by atoms with Crippen molar-refractivity contribution in [3.63, 3.8) is 0 Å². The Morgan fingerprint density at radius 2 is 2.22 bits per heavy atom. The molecular formula is C19H19NO2S. The number of hydrogen-bond donors (Lipinski definition) is 0. The van der Waals surface area contributed by atoms with Crippen LogP contribution in [0, 0.1) is 11.3 Å².